The summed E-state index contributed by atoms with van der Waals surface area (Å²) >= 11 is 0. The van der Waals surface area contributed by atoms with Gasteiger partial charge in [0.2, 0.25) is 23.8 Å². The maximum Gasteiger partial charge on any atom is 0.323 e. The summed E-state index contributed by atoms with van der Waals surface area (Å²) in [5.74, 6) is 2.02. The van der Waals surface area contributed by atoms with Gasteiger partial charge in [0.15, 0.2) is 0 Å². The van der Waals surface area contributed by atoms with E-state index in [-0.39, 0.29) is 34.2 Å². The molecule has 2 saturated heterocycles. The molecule has 4 heterocycles. The van der Waals surface area contributed by atoms with Gasteiger partial charge in [-0.2, -0.15) is 29.9 Å². The molecule has 2 aromatic rings. The minimum absolute atomic E-state index is 0.105. The van der Waals surface area contributed by atoms with Crippen LogP contribution < -0.4 is 41.4 Å². The van der Waals surface area contributed by atoms with Crippen molar-refractivity contribution in [1.29, 1.82) is 0 Å². The monoisotopic (exact) mass is 895 g/mol. The van der Waals surface area contributed by atoms with Gasteiger partial charge < -0.3 is 50.8 Å². The van der Waals surface area contributed by atoms with Gasteiger partial charge in [-0.3, -0.25) is 0 Å². The van der Waals surface area contributed by atoms with Gasteiger partial charge in [-0.05, 0) is 120 Å². The summed E-state index contributed by atoms with van der Waals surface area (Å²) in [6.07, 6.45) is 20.9. The predicted molar refractivity (Wildman–Crippen MR) is 261 cm³/mol. The molecule has 0 aliphatic carbocycles. The number of anilines is 4. The molecule has 4 rings (SSSR count). The van der Waals surface area contributed by atoms with Crippen molar-refractivity contribution in [2.24, 2.45) is 0 Å². The second-order valence-electron chi connectivity index (χ2n) is 20.3. The number of rotatable bonds is 33. The molecular formula is C48H86N12O4. The molecule has 0 unspecified atom stereocenters. The Bertz CT molecular complexity index is 1510. The smallest absolute Gasteiger partial charge is 0.323 e. The van der Waals surface area contributed by atoms with Crippen LogP contribution in [0, 0.1) is 0 Å². The molecule has 0 bridgehead atoms. The number of aromatic nitrogens is 6. The number of hydrogen-bond acceptors (Lipinski definition) is 16. The van der Waals surface area contributed by atoms with E-state index < -0.39 is 0 Å². The minimum Gasteiger partial charge on any atom is -0.459 e. The summed E-state index contributed by atoms with van der Waals surface area (Å²) in [5, 5.41) is 20.9. The minimum atomic E-state index is 0.105. The molecule has 0 amide bonds. The first-order valence-electron chi connectivity index (χ1n) is 24.3. The topological polar surface area (TPSA) is 186 Å². The van der Waals surface area contributed by atoms with Gasteiger partial charge >= 0.3 is 12.0 Å². The molecule has 0 radical (unpaired) electrons. The van der Waals surface area contributed by atoms with E-state index in [1.54, 1.807) is 12.2 Å². The van der Waals surface area contributed by atoms with Crippen LogP contribution in [0.3, 0.4) is 0 Å². The predicted octanol–water partition coefficient (Wildman–Crippen LogP) is 8.87. The van der Waals surface area contributed by atoms with Crippen LogP contribution in [0.4, 0.5) is 23.8 Å². The van der Waals surface area contributed by atoms with E-state index >= 15 is 0 Å². The quantitative estimate of drug-likeness (QED) is 0.0294. The zero-order valence-corrected chi connectivity index (χ0v) is 41.0. The molecule has 16 heteroatoms. The average Bonchev–Trinajstić information content (AvgIpc) is 3.20. The molecule has 2 aliphatic heterocycles. The normalized spacial score (nSPS) is 17.9. The van der Waals surface area contributed by atoms with Crippen LogP contribution in [-0.4, -0.2) is 117 Å². The van der Waals surface area contributed by atoms with Crippen molar-refractivity contribution >= 4 is 23.8 Å². The van der Waals surface area contributed by atoms with E-state index in [9.17, 15) is 0 Å². The van der Waals surface area contributed by atoms with E-state index in [0.717, 1.165) is 142 Å². The van der Waals surface area contributed by atoms with E-state index in [1.807, 2.05) is 0 Å². The van der Waals surface area contributed by atoms with Crippen molar-refractivity contribution in [1.82, 2.24) is 40.5 Å². The second-order valence-corrected chi connectivity index (χ2v) is 20.3. The molecule has 2 aliphatic rings. The maximum atomic E-state index is 6.29. The highest BCUT2D eigenvalue weighted by Crippen LogP contribution is 2.31. The Kier molecular flexibility index (Phi) is 22.2. The summed E-state index contributed by atoms with van der Waals surface area (Å²) in [7, 11) is 0. The van der Waals surface area contributed by atoms with Gasteiger partial charge in [-0.1, -0.05) is 63.8 Å². The summed E-state index contributed by atoms with van der Waals surface area (Å²) in [6, 6.07) is 0.556. The van der Waals surface area contributed by atoms with E-state index in [2.05, 4.69) is 130 Å². The molecule has 16 nitrogen and oxygen atoms in total. The third-order valence-corrected chi connectivity index (χ3v) is 11.3. The van der Waals surface area contributed by atoms with Crippen LogP contribution in [0.1, 0.15) is 158 Å². The maximum absolute atomic E-state index is 6.29. The van der Waals surface area contributed by atoms with Gasteiger partial charge in [0, 0.05) is 61.5 Å². The van der Waals surface area contributed by atoms with Crippen molar-refractivity contribution in [2.45, 2.75) is 192 Å². The zero-order chi connectivity index (χ0) is 46.3. The first-order valence-corrected chi connectivity index (χ1v) is 24.3. The van der Waals surface area contributed by atoms with Crippen LogP contribution in [0.25, 0.3) is 0 Å². The van der Waals surface area contributed by atoms with Crippen molar-refractivity contribution in [3.8, 4) is 12.0 Å². The third-order valence-electron chi connectivity index (χ3n) is 11.3. The van der Waals surface area contributed by atoms with Crippen LogP contribution in [0.2, 0.25) is 0 Å². The van der Waals surface area contributed by atoms with Crippen molar-refractivity contribution in [3.63, 3.8) is 0 Å². The highest BCUT2D eigenvalue weighted by molar-refractivity contribution is 5.36. The molecule has 64 heavy (non-hydrogen) atoms. The molecule has 0 atom stereocenters. The van der Waals surface area contributed by atoms with E-state index in [0.29, 0.717) is 49.2 Å². The lowest BCUT2D eigenvalue weighted by atomic mass is 9.81. The number of nitrogens with zero attached hydrogens (tertiary/aromatic N) is 6. The van der Waals surface area contributed by atoms with Gasteiger partial charge in [0.1, 0.15) is 13.2 Å². The van der Waals surface area contributed by atoms with Crippen LogP contribution in [0.5, 0.6) is 12.0 Å². The molecule has 0 aromatic carbocycles. The Morgan fingerprint density at radius 3 is 1.02 bits per heavy atom. The number of piperidine rings is 2. The fraction of sp³-hybridized carbons (Fsp3) is 0.792. The number of nitrogens with one attached hydrogen (secondary N) is 6. The Balaban J connectivity index is 1.07. The SMILES string of the molecule is C=CCOc1nc(NCCCCCCNc2nc(NCCCCCCOC3CC(C)(C)NC(C)(C)C3)nc(OCC=C)n2)nc(NCCCCCCOC2CC(C)(C)NC(C)(C)C2)n1. The lowest BCUT2D eigenvalue weighted by molar-refractivity contribution is -0.0233. The summed E-state index contributed by atoms with van der Waals surface area (Å²) in [5.41, 5.74) is 0.420. The fourth-order valence-corrected chi connectivity index (χ4v) is 9.18. The standard InChI is InChI=1S/C48H86N12O4/c1-11-29-63-43-55-39(53-41(57-43)51-27-21-15-17-23-31-61-37-33-45(3,4)59-46(5,6)34-37)49-25-19-13-14-20-26-50-40-54-42(58-44(56-40)64-30-12-2)52-28-22-16-18-24-32-62-38-35-47(7,8)60-48(9,10)36-38/h11-12,37-38,59-60H,1-2,13-36H2,3-10H3,(H2,49,51,53,55,57)(H2,50,52,54,56,58). The zero-order valence-electron chi connectivity index (χ0n) is 41.0. The molecule has 6 N–H and O–H groups in total. The van der Waals surface area contributed by atoms with Crippen molar-refractivity contribution in [2.75, 3.05) is 73.9 Å². The molecule has 362 valence electrons. The summed E-state index contributed by atoms with van der Waals surface area (Å²) in [4.78, 5) is 27.1. The van der Waals surface area contributed by atoms with Crippen LogP contribution in [-0.2, 0) is 9.47 Å². The van der Waals surface area contributed by atoms with Crippen molar-refractivity contribution in [3.05, 3.63) is 25.3 Å². The molecule has 2 fully saturated rings. The number of hydrogen-bond donors (Lipinski definition) is 6. The summed E-state index contributed by atoms with van der Waals surface area (Å²) < 4.78 is 23.9. The highest BCUT2D eigenvalue weighted by Gasteiger charge is 2.39. The Morgan fingerprint density at radius 1 is 0.453 bits per heavy atom. The Labute approximate surface area is 385 Å². The largest absolute Gasteiger partial charge is 0.459 e. The van der Waals surface area contributed by atoms with Gasteiger partial charge in [-0.15, -0.1) is 0 Å². The molecular weight excluding hydrogens is 809 g/mol. The number of unbranched alkanes of at least 4 members (excludes halogenated alkanes) is 9. The molecule has 2 aromatic heterocycles. The van der Waals surface area contributed by atoms with Gasteiger partial charge in [0.25, 0.3) is 0 Å². The number of ether oxygens (including phenoxy) is 4. The fourth-order valence-electron chi connectivity index (χ4n) is 9.18. The Morgan fingerprint density at radius 2 is 0.734 bits per heavy atom. The second kappa shape index (κ2) is 26.9. The first-order chi connectivity index (χ1) is 30.5. The lowest BCUT2D eigenvalue weighted by Crippen LogP contribution is -2.59. The van der Waals surface area contributed by atoms with E-state index in [4.69, 9.17) is 18.9 Å². The van der Waals surface area contributed by atoms with Gasteiger partial charge in [-0.25, -0.2) is 0 Å². The van der Waals surface area contributed by atoms with E-state index in [1.165, 1.54) is 0 Å². The van der Waals surface area contributed by atoms with Crippen LogP contribution in [0.15, 0.2) is 25.3 Å². The third kappa shape index (κ3) is 21.9. The van der Waals surface area contributed by atoms with Crippen molar-refractivity contribution < 1.29 is 18.9 Å². The first kappa shape index (κ1) is 52.8. The summed E-state index contributed by atoms with van der Waals surface area (Å²) in [6.45, 7) is 30.9. The van der Waals surface area contributed by atoms with Crippen LogP contribution >= 0.6 is 0 Å². The average molecular weight is 895 g/mol. The Hall–Kier alpha value is -3.86. The molecule has 0 spiro atoms. The highest BCUT2D eigenvalue weighted by atomic mass is 16.5. The molecule has 0 saturated carbocycles. The lowest BCUT2D eigenvalue weighted by Gasteiger charge is -2.46. The van der Waals surface area contributed by atoms with Gasteiger partial charge in [0.05, 0.1) is 12.2 Å².